The third kappa shape index (κ3) is 5.61. The van der Waals surface area contributed by atoms with Gasteiger partial charge in [0.2, 0.25) is 5.91 Å². The van der Waals surface area contributed by atoms with Crippen LogP contribution in [-0.4, -0.2) is 36.2 Å². The zero-order valence-corrected chi connectivity index (χ0v) is 11.2. The van der Waals surface area contributed by atoms with Crippen LogP contribution in [0.25, 0.3) is 0 Å². The van der Waals surface area contributed by atoms with Crippen LogP contribution in [-0.2, 0) is 4.79 Å². The fraction of sp³-hybridized carbons (Fsp3) is 0.429. The molecule has 0 aliphatic carbocycles. The summed E-state index contributed by atoms with van der Waals surface area (Å²) in [7, 11) is 0. The van der Waals surface area contributed by atoms with Gasteiger partial charge in [0.05, 0.1) is 13.1 Å². The van der Waals surface area contributed by atoms with Gasteiger partial charge < -0.3 is 5.73 Å². The molecule has 104 valence electrons. The van der Waals surface area contributed by atoms with Gasteiger partial charge in [-0.3, -0.25) is 14.5 Å². The molecule has 5 heteroatoms. The van der Waals surface area contributed by atoms with Gasteiger partial charge in [0.15, 0.2) is 5.78 Å². The number of hydrogen-bond donors (Lipinski definition) is 1. The highest BCUT2D eigenvalue weighted by molar-refractivity contribution is 5.97. The number of ketones is 1. The summed E-state index contributed by atoms with van der Waals surface area (Å²) < 4.78 is 13.0. The Morgan fingerprint density at radius 2 is 2.00 bits per heavy atom. The highest BCUT2D eigenvalue weighted by Crippen LogP contribution is 2.07. The van der Waals surface area contributed by atoms with Crippen molar-refractivity contribution in [3.63, 3.8) is 0 Å². The van der Waals surface area contributed by atoms with Crippen LogP contribution in [0.4, 0.5) is 4.39 Å². The topological polar surface area (TPSA) is 63.4 Å². The summed E-state index contributed by atoms with van der Waals surface area (Å²) in [5.74, 6) is -0.843. The van der Waals surface area contributed by atoms with Crippen LogP contribution in [0.2, 0.25) is 0 Å². The smallest absolute Gasteiger partial charge is 0.231 e. The summed E-state index contributed by atoms with van der Waals surface area (Å²) >= 11 is 0. The van der Waals surface area contributed by atoms with Crippen molar-refractivity contribution in [2.45, 2.75) is 13.8 Å². The van der Waals surface area contributed by atoms with Gasteiger partial charge in [-0.15, -0.1) is 0 Å². The minimum absolute atomic E-state index is 0.0270. The second-order valence-corrected chi connectivity index (χ2v) is 4.96. The first-order chi connectivity index (χ1) is 8.88. The molecule has 0 saturated heterocycles. The van der Waals surface area contributed by atoms with E-state index in [2.05, 4.69) is 0 Å². The lowest BCUT2D eigenvalue weighted by atomic mass is 10.1. The second-order valence-electron chi connectivity index (χ2n) is 4.96. The molecule has 1 rings (SSSR count). The molecule has 0 aliphatic heterocycles. The van der Waals surface area contributed by atoms with E-state index in [1.807, 2.05) is 13.8 Å². The number of primary amides is 1. The Kier molecular flexibility index (Phi) is 5.63. The molecular formula is C14H19FN2O2. The molecule has 0 radical (unpaired) electrons. The van der Waals surface area contributed by atoms with Gasteiger partial charge in [0.25, 0.3) is 0 Å². The third-order valence-electron chi connectivity index (χ3n) is 2.52. The predicted octanol–water partition coefficient (Wildman–Crippen LogP) is 1.45. The Hall–Kier alpha value is -1.75. The van der Waals surface area contributed by atoms with E-state index in [1.165, 1.54) is 18.2 Å². The predicted molar refractivity (Wildman–Crippen MR) is 71.2 cm³/mol. The molecule has 0 saturated carbocycles. The van der Waals surface area contributed by atoms with E-state index in [-0.39, 0.29) is 18.9 Å². The molecule has 0 atom stereocenters. The van der Waals surface area contributed by atoms with Crippen molar-refractivity contribution in [1.29, 1.82) is 0 Å². The molecule has 0 spiro atoms. The summed E-state index contributed by atoms with van der Waals surface area (Å²) in [4.78, 5) is 24.7. The standard InChI is InChI=1S/C14H19FN2O2/c1-10(2)7-17(9-14(16)19)8-13(18)11-4-3-5-12(15)6-11/h3-6,10H,7-9H2,1-2H3,(H2,16,19). The molecule has 1 aromatic carbocycles. The number of nitrogens with zero attached hydrogens (tertiary/aromatic N) is 1. The molecule has 0 fully saturated rings. The number of benzene rings is 1. The monoisotopic (exact) mass is 266 g/mol. The molecule has 0 bridgehead atoms. The first-order valence-corrected chi connectivity index (χ1v) is 6.18. The summed E-state index contributed by atoms with van der Waals surface area (Å²) in [6.07, 6.45) is 0. The fourth-order valence-corrected chi connectivity index (χ4v) is 1.88. The highest BCUT2D eigenvalue weighted by atomic mass is 19.1. The lowest BCUT2D eigenvalue weighted by Crippen LogP contribution is -2.39. The number of carbonyl (C=O) groups excluding carboxylic acids is 2. The number of halogens is 1. The van der Waals surface area contributed by atoms with Crippen molar-refractivity contribution >= 4 is 11.7 Å². The van der Waals surface area contributed by atoms with Gasteiger partial charge in [0, 0.05) is 12.1 Å². The van der Waals surface area contributed by atoms with E-state index in [0.29, 0.717) is 18.0 Å². The Labute approximate surface area is 112 Å². The van der Waals surface area contributed by atoms with E-state index < -0.39 is 11.7 Å². The molecule has 2 N–H and O–H groups in total. The van der Waals surface area contributed by atoms with Crippen molar-refractivity contribution in [2.75, 3.05) is 19.6 Å². The average Bonchev–Trinajstić information content (AvgIpc) is 2.26. The minimum Gasteiger partial charge on any atom is -0.369 e. The van der Waals surface area contributed by atoms with Gasteiger partial charge >= 0.3 is 0 Å². The van der Waals surface area contributed by atoms with Crippen LogP contribution in [0, 0.1) is 11.7 Å². The molecule has 1 amide bonds. The maximum atomic E-state index is 13.0. The van der Waals surface area contributed by atoms with Crippen molar-refractivity contribution in [3.05, 3.63) is 35.6 Å². The number of hydrogen-bond acceptors (Lipinski definition) is 3. The van der Waals surface area contributed by atoms with Crippen LogP contribution in [0.1, 0.15) is 24.2 Å². The largest absolute Gasteiger partial charge is 0.369 e. The summed E-state index contributed by atoms with van der Waals surface area (Å²) in [5.41, 5.74) is 5.46. The van der Waals surface area contributed by atoms with Crippen molar-refractivity contribution in [2.24, 2.45) is 11.7 Å². The summed E-state index contributed by atoms with van der Waals surface area (Å²) in [5, 5.41) is 0. The first kappa shape index (κ1) is 15.3. The number of amides is 1. The molecule has 1 aromatic rings. The van der Waals surface area contributed by atoms with E-state index >= 15 is 0 Å². The third-order valence-corrected chi connectivity index (χ3v) is 2.52. The van der Waals surface area contributed by atoms with Crippen molar-refractivity contribution in [1.82, 2.24) is 4.90 Å². The quantitative estimate of drug-likeness (QED) is 0.760. The zero-order chi connectivity index (χ0) is 14.4. The second kappa shape index (κ2) is 6.99. The first-order valence-electron chi connectivity index (χ1n) is 6.18. The van der Waals surface area contributed by atoms with E-state index in [4.69, 9.17) is 5.73 Å². The summed E-state index contributed by atoms with van der Waals surface area (Å²) in [6.45, 7) is 4.65. The minimum atomic E-state index is -0.479. The number of rotatable bonds is 7. The number of nitrogens with two attached hydrogens (primary N) is 1. The lowest BCUT2D eigenvalue weighted by Gasteiger charge is -2.21. The van der Waals surface area contributed by atoms with Gasteiger partial charge in [-0.05, 0) is 18.1 Å². The molecule has 19 heavy (non-hydrogen) atoms. The fourth-order valence-electron chi connectivity index (χ4n) is 1.88. The van der Waals surface area contributed by atoms with Gasteiger partial charge in [-0.2, -0.15) is 0 Å². The Bertz CT molecular complexity index is 461. The Balaban J connectivity index is 2.72. The molecule has 0 heterocycles. The highest BCUT2D eigenvalue weighted by Gasteiger charge is 2.16. The summed E-state index contributed by atoms with van der Waals surface area (Å²) in [6, 6.07) is 5.53. The Morgan fingerprint density at radius 1 is 1.32 bits per heavy atom. The zero-order valence-electron chi connectivity index (χ0n) is 11.2. The SMILES string of the molecule is CC(C)CN(CC(N)=O)CC(=O)c1cccc(F)c1. The molecule has 0 aromatic heterocycles. The average molecular weight is 266 g/mol. The molecular weight excluding hydrogens is 247 g/mol. The molecule has 4 nitrogen and oxygen atoms in total. The molecule has 0 unspecified atom stereocenters. The van der Waals surface area contributed by atoms with Crippen molar-refractivity contribution in [3.8, 4) is 0 Å². The number of carbonyl (C=O) groups is 2. The van der Waals surface area contributed by atoms with Crippen LogP contribution in [0.15, 0.2) is 24.3 Å². The van der Waals surface area contributed by atoms with E-state index in [1.54, 1.807) is 11.0 Å². The van der Waals surface area contributed by atoms with Gasteiger partial charge in [-0.25, -0.2) is 4.39 Å². The normalized spacial score (nSPS) is 11.0. The lowest BCUT2D eigenvalue weighted by molar-refractivity contribution is -0.119. The van der Waals surface area contributed by atoms with Gasteiger partial charge in [-0.1, -0.05) is 26.0 Å². The van der Waals surface area contributed by atoms with Gasteiger partial charge in [0.1, 0.15) is 5.82 Å². The maximum Gasteiger partial charge on any atom is 0.231 e. The van der Waals surface area contributed by atoms with Crippen LogP contribution < -0.4 is 5.73 Å². The van der Waals surface area contributed by atoms with E-state index in [0.717, 1.165) is 0 Å². The van der Waals surface area contributed by atoms with Crippen LogP contribution in [0.3, 0.4) is 0 Å². The Morgan fingerprint density at radius 3 is 2.53 bits per heavy atom. The van der Waals surface area contributed by atoms with Crippen LogP contribution in [0.5, 0.6) is 0 Å². The van der Waals surface area contributed by atoms with Crippen LogP contribution >= 0.6 is 0 Å². The molecule has 0 aliphatic rings. The van der Waals surface area contributed by atoms with E-state index in [9.17, 15) is 14.0 Å². The van der Waals surface area contributed by atoms with Crippen molar-refractivity contribution < 1.29 is 14.0 Å². The number of Topliss-reactive ketones (excluding diaryl/α,β-unsaturated/α-hetero) is 1. The maximum absolute atomic E-state index is 13.0.